The molecule has 25 heavy (non-hydrogen) atoms. The van der Waals surface area contributed by atoms with E-state index in [1.807, 2.05) is 18.2 Å². The van der Waals surface area contributed by atoms with Crippen molar-refractivity contribution in [2.75, 3.05) is 6.54 Å². The van der Waals surface area contributed by atoms with Crippen LogP contribution in [0.4, 0.5) is 0 Å². The molecule has 1 rings (SSSR count). The van der Waals surface area contributed by atoms with Crippen LogP contribution in [0, 0.1) is 5.92 Å². The summed E-state index contributed by atoms with van der Waals surface area (Å²) in [6, 6.07) is 5.59. The van der Waals surface area contributed by atoms with Gasteiger partial charge in [-0.15, -0.1) is 0 Å². The predicted molar refractivity (Wildman–Crippen MR) is 109 cm³/mol. The second kappa shape index (κ2) is 12.8. The molecule has 1 N–H and O–H groups in total. The van der Waals surface area contributed by atoms with Crippen LogP contribution in [-0.4, -0.2) is 12.5 Å². The lowest BCUT2D eigenvalue weighted by Crippen LogP contribution is -2.25. The van der Waals surface area contributed by atoms with E-state index in [1.165, 1.54) is 0 Å². The second-order valence-electron chi connectivity index (χ2n) is 6.27. The molecule has 1 aromatic rings. The van der Waals surface area contributed by atoms with Crippen LogP contribution >= 0.6 is 23.2 Å². The van der Waals surface area contributed by atoms with E-state index in [-0.39, 0.29) is 5.91 Å². The van der Waals surface area contributed by atoms with Crippen molar-refractivity contribution < 1.29 is 4.79 Å². The Labute approximate surface area is 161 Å². The van der Waals surface area contributed by atoms with Gasteiger partial charge in [-0.2, -0.15) is 0 Å². The Bertz CT molecular complexity index is 618. The number of halogens is 2. The van der Waals surface area contributed by atoms with Gasteiger partial charge in [-0.05, 0) is 49.3 Å². The van der Waals surface area contributed by atoms with Crippen LogP contribution in [-0.2, 0) is 11.2 Å². The largest absolute Gasteiger partial charge is 0.352 e. The van der Waals surface area contributed by atoms with E-state index >= 15 is 0 Å². The lowest BCUT2D eigenvalue weighted by Gasteiger charge is -2.03. The number of carbonyl (C=O) groups excluding carboxylic acids is 1. The van der Waals surface area contributed by atoms with E-state index in [9.17, 15) is 4.79 Å². The van der Waals surface area contributed by atoms with Crippen LogP contribution < -0.4 is 5.32 Å². The van der Waals surface area contributed by atoms with E-state index in [1.54, 1.807) is 18.2 Å². The molecule has 1 amide bonds. The molecule has 0 atom stereocenters. The third-order valence-electron chi connectivity index (χ3n) is 3.44. The maximum Gasteiger partial charge on any atom is 0.243 e. The highest BCUT2D eigenvalue weighted by Gasteiger charge is 1.98. The van der Waals surface area contributed by atoms with Crippen molar-refractivity contribution in [1.82, 2.24) is 5.32 Å². The van der Waals surface area contributed by atoms with Gasteiger partial charge in [-0.1, -0.05) is 73.5 Å². The van der Waals surface area contributed by atoms with Crippen LogP contribution in [0.25, 0.3) is 0 Å². The standard InChI is InChI=1S/C21H27Cl2NO/c1-17(2)16-24-21(25)12-10-8-6-4-3-5-7-9-11-18-13-14-19(22)15-20(18)23/h6-10,12-15,17H,3-5,11,16H2,1-2H3,(H,24,25)/b8-6+,9-7+,12-10+. The fourth-order valence-corrected chi connectivity index (χ4v) is 2.54. The van der Waals surface area contributed by atoms with Crippen LogP contribution in [0.3, 0.4) is 0 Å². The first-order valence-corrected chi connectivity index (χ1v) is 9.44. The van der Waals surface area contributed by atoms with Gasteiger partial charge in [0.25, 0.3) is 0 Å². The monoisotopic (exact) mass is 379 g/mol. The fraction of sp³-hybridized carbons (Fsp3) is 0.381. The SMILES string of the molecule is CC(C)CNC(=O)/C=C/C=C/CCC/C=C/Cc1ccc(Cl)cc1Cl. The molecular formula is C21H27Cl2NO. The molecular weight excluding hydrogens is 353 g/mol. The van der Waals surface area contributed by atoms with Gasteiger partial charge in [0, 0.05) is 22.7 Å². The summed E-state index contributed by atoms with van der Waals surface area (Å²) in [4.78, 5) is 11.5. The molecule has 0 aliphatic heterocycles. The Hall–Kier alpha value is -1.51. The molecule has 0 unspecified atom stereocenters. The summed E-state index contributed by atoms with van der Waals surface area (Å²) in [5.74, 6) is 0.429. The maximum absolute atomic E-state index is 11.5. The molecule has 0 saturated carbocycles. The number of nitrogens with one attached hydrogen (secondary N) is 1. The highest BCUT2D eigenvalue weighted by atomic mass is 35.5. The summed E-state index contributed by atoms with van der Waals surface area (Å²) in [6.07, 6.45) is 15.6. The molecule has 136 valence electrons. The number of benzene rings is 1. The summed E-state index contributed by atoms with van der Waals surface area (Å²) in [6.45, 7) is 4.85. The van der Waals surface area contributed by atoms with Crippen LogP contribution in [0.5, 0.6) is 0 Å². The van der Waals surface area contributed by atoms with E-state index in [0.29, 0.717) is 22.5 Å². The van der Waals surface area contributed by atoms with Crippen molar-refractivity contribution in [1.29, 1.82) is 0 Å². The van der Waals surface area contributed by atoms with E-state index in [4.69, 9.17) is 23.2 Å². The molecule has 0 heterocycles. The Balaban J connectivity index is 2.14. The number of amides is 1. The van der Waals surface area contributed by atoms with Gasteiger partial charge in [0.15, 0.2) is 0 Å². The Morgan fingerprint density at radius 2 is 1.88 bits per heavy atom. The molecule has 0 saturated heterocycles. The number of allylic oxidation sites excluding steroid dienone is 5. The topological polar surface area (TPSA) is 29.1 Å². The predicted octanol–water partition coefficient (Wildman–Crippen LogP) is 6.15. The van der Waals surface area contributed by atoms with Crippen molar-refractivity contribution in [2.45, 2.75) is 39.5 Å². The average Bonchev–Trinajstić information content (AvgIpc) is 2.56. The van der Waals surface area contributed by atoms with Crippen LogP contribution in [0.15, 0.2) is 54.7 Å². The molecule has 2 nitrogen and oxygen atoms in total. The third kappa shape index (κ3) is 10.9. The first kappa shape index (κ1) is 21.5. The zero-order chi connectivity index (χ0) is 18.5. The summed E-state index contributed by atoms with van der Waals surface area (Å²) in [7, 11) is 0. The Morgan fingerprint density at radius 3 is 2.60 bits per heavy atom. The number of unbranched alkanes of at least 4 members (excludes halogenated alkanes) is 2. The first-order chi connectivity index (χ1) is 12.0. The van der Waals surface area contributed by atoms with Gasteiger partial charge in [0.05, 0.1) is 0 Å². The Kier molecular flexibility index (Phi) is 11.0. The lowest BCUT2D eigenvalue weighted by atomic mass is 10.1. The third-order valence-corrected chi connectivity index (χ3v) is 4.03. The molecule has 0 aliphatic rings. The van der Waals surface area contributed by atoms with Gasteiger partial charge in [-0.3, -0.25) is 4.79 Å². The van der Waals surface area contributed by atoms with Crippen molar-refractivity contribution in [3.05, 3.63) is 70.3 Å². The minimum absolute atomic E-state index is 0.0397. The molecule has 0 aromatic heterocycles. The van der Waals surface area contributed by atoms with Gasteiger partial charge in [0.1, 0.15) is 0 Å². The number of rotatable bonds is 10. The highest BCUT2D eigenvalue weighted by molar-refractivity contribution is 6.35. The van der Waals surface area contributed by atoms with Crippen LogP contribution in [0.2, 0.25) is 10.0 Å². The summed E-state index contributed by atoms with van der Waals surface area (Å²) in [5, 5.41) is 4.22. The minimum Gasteiger partial charge on any atom is -0.352 e. The van der Waals surface area contributed by atoms with Gasteiger partial charge >= 0.3 is 0 Å². The van der Waals surface area contributed by atoms with E-state index in [0.717, 1.165) is 31.2 Å². The molecule has 0 spiro atoms. The summed E-state index contributed by atoms with van der Waals surface area (Å²) < 4.78 is 0. The summed E-state index contributed by atoms with van der Waals surface area (Å²) >= 11 is 12.0. The fourth-order valence-electron chi connectivity index (χ4n) is 2.05. The number of carbonyl (C=O) groups is 1. The first-order valence-electron chi connectivity index (χ1n) is 8.69. The molecule has 0 fully saturated rings. The van der Waals surface area contributed by atoms with Crippen molar-refractivity contribution in [3.63, 3.8) is 0 Å². The highest BCUT2D eigenvalue weighted by Crippen LogP contribution is 2.21. The molecule has 0 aliphatic carbocycles. The zero-order valence-corrected chi connectivity index (χ0v) is 16.5. The normalized spacial score (nSPS) is 12.0. The molecule has 4 heteroatoms. The van der Waals surface area contributed by atoms with Crippen molar-refractivity contribution in [3.8, 4) is 0 Å². The second-order valence-corrected chi connectivity index (χ2v) is 7.11. The van der Waals surface area contributed by atoms with Gasteiger partial charge in [-0.25, -0.2) is 0 Å². The number of hydrogen-bond donors (Lipinski definition) is 1. The van der Waals surface area contributed by atoms with Crippen LogP contribution in [0.1, 0.15) is 38.7 Å². The number of hydrogen-bond acceptors (Lipinski definition) is 1. The van der Waals surface area contributed by atoms with Crippen molar-refractivity contribution >= 4 is 29.1 Å². The van der Waals surface area contributed by atoms with E-state index in [2.05, 4.69) is 37.4 Å². The van der Waals surface area contributed by atoms with Crippen molar-refractivity contribution in [2.24, 2.45) is 5.92 Å². The minimum atomic E-state index is -0.0397. The van der Waals surface area contributed by atoms with Gasteiger partial charge < -0.3 is 5.32 Å². The summed E-state index contributed by atoms with van der Waals surface area (Å²) in [5.41, 5.74) is 1.09. The smallest absolute Gasteiger partial charge is 0.243 e. The zero-order valence-electron chi connectivity index (χ0n) is 15.0. The lowest BCUT2D eigenvalue weighted by molar-refractivity contribution is -0.116. The molecule has 1 aromatic carbocycles. The quantitative estimate of drug-likeness (QED) is 0.224. The Morgan fingerprint density at radius 1 is 1.12 bits per heavy atom. The average molecular weight is 380 g/mol. The van der Waals surface area contributed by atoms with E-state index < -0.39 is 0 Å². The molecule has 0 bridgehead atoms. The molecule has 0 radical (unpaired) electrons. The van der Waals surface area contributed by atoms with Gasteiger partial charge in [0.2, 0.25) is 5.91 Å². The maximum atomic E-state index is 11.5.